The molecule has 4 aromatic rings. The van der Waals surface area contributed by atoms with Crippen LogP contribution in [0.4, 0.5) is 20.2 Å². The lowest BCUT2D eigenvalue weighted by molar-refractivity contribution is -0.134. The lowest BCUT2D eigenvalue weighted by atomic mass is 10.1. The average Bonchev–Trinajstić information content (AvgIpc) is 3.08. The lowest BCUT2D eigenvalue weighted by Crippen LogP contribution is -2.44. The van der Waals surface area contributed by atoms with Crippen LogP contribution < -0.4 is 30.2 Å². The van der Waals surface area contributed by atoms with Crippen molar-refractivity contribution in [1.82, 2.24) is 15.2 Å². The molecule has 0 unspecified atom stereocenters. The van der Waals surface area contributed by atoms with Crippen molar-refractivity contribution in [3.63, 3.8) is 0 Å². The van der Waals surface area contributed by atoms with E-state index in [2.05, 4.69) is 20.9 Å². The van der Waals surface area contributed by atoms with Crippen molar-refractivity contribution in [2.24, 2.45) is 0 Å². The summed E-state index contributed by atoms with van der Waals surface area (Å²) in [5, 5.41) is 8.26. The molecular weight excluding hydrogens is 616 g/mol. The van der Waals surface area contributed by atoms with Gasteiger partial charge in [0.25, 0.3) is 11.8 Å². The van der Waals surface area contributed by atoms with Gasteiger partial charge in [-0.1, -0.05) is 0 Å². The van der Waals surface area contributed by atoms with E-state index in [-0.39, 0.29) is 29.6 Å². The van der Waals surface area contributed by atoms with Crippen LogP contribution in [0.3, 0.4) is 0 Å². The number of carbonyl (C=O) groups excluding carboxylic acids is 3. The molecule has 0 bridgehead atoms. The number of aromatic nitrogens is 1. The number of fused-ring (bicyclic) bond motifs is 1. The molecule has 0 spiro atoms. The van der Waals surface area contributed by atoms with E-state index in [1.54, 1.807) is 23.1 Å². The standard InChI is InChI=1S/C33H31F2N5O7/c1-44-29-16-23-26(17-30(29)45-2)37-10-9-27(23)47-28-8-7-22(15-25(28)35)39-33(43)24(32(42)38-21-5-3-20(34)4-6-21)18-36-19-31(41)40-11-13-46-14-12-40/h3-10,15-18,36H,11-14,19H2,1-2H3,(H,38,42)(H,39,43)/b24-18+. The van der Waals surface area contributed by atoms with Crippen LogP contribution in [0.2, 0.25) is 0 Å². The highest BCUT2D eigenvalue weighted by Gasteiger charge is 2.21. The maximum Gasteiger partial charge on any atom is 0.262 e. The van der Waals surface area contributed by atoms with Gasteiger partial charge in [0.1, 0.15) is 17.1 Å². The molecule has 12 nitrogen and oxygen atoms in total. The molecule has 1 aliphatic rings. The van der Waals surface area contributed by atoms with Crippen molar-refractivity contribution in [1.29, 1.82) is 0 Å². The Morgan fingerprint density at radius 1 is 0.851 bits per heavy atom. The van der Waals surface area contributed by atoms with Crippen molar-refractivity contribution in [2.45, 2.75) is 0 Å². The Morgan fingerprint density at radius 2 is 1.51 bits per heavy atom. The van der Waals surface area contributed by atoms with Crippen molar-refractivity contribution < 1.29 is 42.1 Å². The molecule has 244 valence electrons. The molecule has 0 saturated carbocycles. The molecule has 3 N–H and O–H groups in total. The van der Waals surface area contributed by atoms with Gasteiger partial charge in [0.2, 0.25) is 5.91 Å². The number of ether oxygens (including phenoxy) is 4. The molecule has 1 fully saturated rings. The summed E-state index contributed by atoms with van der Waals surface area (Å²) in [7, 11) is 2.99. The van der Waals surface area contributed by atoms with E-state index in [9.17, 15) is 18.8 Å². The molecule has 1 saturated heterocycles. The first-order valence-corrected chi connectivity index (χ1v) is 14.4. The summed E-state index contributed by atoms with van der Waals surface area (Å²) in [6, 6.07) is 13.6. The smallest absolute Gasteiger partial charge is 0.262 e. The number of carbonyl (C=O) groups is 3. The Hall–Kier alpha value is -5.76. The summed E-state index contributed by atoms with van der Waals surface area (Å²) in [5.74, 6) is -2.25. The third-order valence-corrected chi connectivity index (χ3v) is 7.07. The van der Waals surface area contributed by atoms with E-state index < -0.39 is 29.0 Å². The van der Waals surface area contributed by atoms with Gasteiger partial charge in [0, 0.05) is 54.4 Å². The Bertz CT molecular complexity index is 1810. The minimum absolute atomic E-state index is 0.0238. The van der Waals surface area contributed by atoms with Crippen molar-refractivity contribution >= 4 is 40.0 Å². The second kappa shape index (κ2) is 15.0. The summed E-state index contributed by atoms with van der Waals surface area (Å²) < 4.78 is 50.4. The summed E-state index contributed by atoms with van der Waals surface area (Å²) in [5.41, 5.74) is 0.364. The Balaban J connectivity index is 1.32. The molecule has 5 rings (SSSR count). The molecule has 14 heteroatoms. The zero-order chi connectivity index (χ0) is 33.3. The number of halogens is 2. The number of methoxy groups -OCH3 is 2. The number of benzene rings is 3. The zero-order valence-electron chi connectivity index (χ0n) is 25.5. The number of pyridine rings is 1. The van der Waals surface area contributed by atoms with Gasteiger partial charge in [0.15, 0.2) is 23.1 Å². The van der Waals surface area contributed by atoms with Gasteiger partial charge in [0.05, 0.1) is 39.5 Å². The first kappa shape index (κ1) is 32.6. The number of hydrogen-bond donors (Lipinski definition) is 3. The number of nitrogens with one attached hydrogen (secondary N) is 3. The van der Waals surface area contributed by atoms with Crippen LogP contribution in [0.5, 0.6) is 23.0 Å². The van der Waals surface area contributed by atoms with Crippen LogP contribution in [0, 0.1) is 11.6 Å². The average molecular weight is 648 g/mol. The van der Waals surface area contributed by atoms with E-state index in [0.29, 0.717) is 54.5 Å². The van der Waals surface area contributed by atoms with Crippen molar-refractivity contribution in [2.75, 3.05) is 57.7 Å². The third-order valence-electron chi connectivity index (χ3n) is 7.07. The van der Waals surface area contributed by atoms with Crippen molar-refractivity contribution in [3.8, 4) is 23.0 Å². The van der Waals surface area contributed by atoms with E-state index >= 15 is 4.39 Å². The maximum absolute atomic E-state index is 15.3. The molecule has 0 atom stereocenters. The number of hydrogen-bond acceptors (Lipinski definition) is 9. The minimum Gasteiger partial charge on any atom is -0.493 e. The fourth-order valence-corrected chi connectivity index (χ4v) is 4.65. The monoisotopic (exact) mass is 647 g/mol. The Kier molecular flexibility index (Phi) is 10.4. The van der Waals surface area contributed by atoms with Crippen LogP contribution in [0.25, 0.3) is 10.9 Å². The molecule has 1 aromatic heterocycles. The van der Waals surface area contributed by atoms with Gasteiger partial charge < -0.3 is 39.8 Å². The quantitative estimate of drug-likeness (QED) is 0.124. The maximum atomic E-state index is 15.3. The molecule has 47 heavy (non-hydrogen) atoms. The molecule has 1 aliphatic heterocycles. The lowest BCUT2D eigenvalue weighted by Gasteiger charge is -2.26. The minimum atomic E-state index is -0.898. The zero-order valence-corrected chi connectivity index (χ0v) is 25.5. The van der Waals surface area contributed by atoms with E-state index in [1.807, 2.05) is 0 Å². The van der Waals surface area contributed by atoms with Crippen LogP contribution >= 0.6 is 0 Å². The first-order valence-electron chi connectivity index (χ1n) is 14.4. The van der Waals surface area contributed by atoms with Crippen LogP contribution in [0.1, 0.15) is 0 Å². The normalized spacial score (nSPS) is 13.1. The summed E-state index contributed by atoms with van der Waals surface area (Å²) in [6.45, 7) is 1.49. The highest BCUT2D eigenvalue weighted by Crippen LogP contribution is 2.37. The Labute approximate surface area is 268 Å². The summed E-state index contributed by atoms with van der Waals surface area (Å²) in [6.07, 6.45) is 2.60. The number of rotatable bonds is 11. The number of anilines is 2. The van der Waals surface area contributed by atoms with Gasteiger partial charge in [-0.3, -0.25) is 19.4 Å². The van der Waals surface area contributed by atoms with Gasteiger partial charge in [-0.05, 0) is 48.5 Å². The van der Waals surface area contributed by atoms with Crippen molar-refractivity contribution in [3.05, 3.63) is 90.3 Å². The number of amides is 3. The van der Waals surface area contributed by atoms with Gasteiger partial charge in [-0.25, -0.2) is 8.78 Å². The van der Waals surface area contributed by atoms with Crippen LogP contribution in [-0.4, -0.2) is 74.7 Å². The molecule has 2 heterocycles. The number of morpholine rings is 1. The van der Waals surface area contributed by atoms with Gasteiger partial charge >= 0.3 is 0 Å². The number of nitrogens with zero attached hydrogens (tertiary/aromatic N) is 2. The molecule has 3 amide bonds. The molecule has 0 aliphatic carbocycles. The predicted octanol–water partition coefficient (Wildman–Crippen LogP) is 4.23. The Morgan fingerprint density at radius 3 is 2.19 bits per heavy atom. The first-order chi connectivity index (χ1) is 22.7. The second-order valence-corrected chi connectivity index (χ2v) is 10.1. The topological polar surface area (TPSA) is 140 Å². The van der Waals surface area contributed by atoms with Gasteiger partial charge in [-0.15, -0.1) is 0 Å². The highest BCUT2D eigenvalue weighted by atomic mass is 19.1. The van der Waals surface area contributed by atoms with Crippen LogP contribution in [-0.2, 0) is 19.1 Å². The van der Waals surface area contributed by atoms with Gasteiger partial charge in [-0.2, -0.15) is 0 Å². The van der Waals surface area contributed by atoms with Crippen LogP contribution in [0.15, 0.2) is 78.6 Å². The van der Waals surface area contributed by atoms with E-state index in [4.69, 9.17) is 18.9 Å². The third kappa shape index (κ3) is 8.10. The molecule has 3 aromatic carbocycles. The molecule has 0 radical (unpaired) electrons. The summed E-state index contributed by atoms with van der Waals surface area (Å²) in [4.78, 5) is 44.9. The largest absolute Gasteiger partial charge is 0.493 e. The fraction of sp³-hybridized carbons (Fsp3) is 0.212. The van der Waals surface area contributed by atoms with E-state index in [1.165, 1.54) is 44.7 Å². The fourth-order valence-electron chi connectivity index (χ4n) is 4.65. The second-order valence-electron chi connectivity index (χ2n) is 10.1. The SMILES string of the molecule is COc1cc2nccc(Oc3ccc(NC(=O)/C(=C/NCC(=O)N4CCOCC4)C(=O)Nc4ccc(F)cc4)cc3F)c2cc1OC. The van der Waals surface area contributed by atoms with E-state index in [0.717, 1.165) is 24.4 Å². The molecular formula is C33H31F2N5O7. The highest BCUT2D eigenvalue weighted by molar-refractivity contribution is 6.26. The summed E-state index contributed by atoms with van der Waals surface area (Å²) >= 11 is 0. The predicted molar refractivity (Wildman–Crippen MR) is 168 cm³/mol.